The topological polar surface area (TPSA) is 76.3 Å². The smallest absolute Gasteiger partial charge is 0.421 e. The molecular weight excluding hydrogens is 437 g/mol. The van der Waals surface area contributed by atoms with E-state index in [1.807, 2.05) is 0 Å². The maximum atomic E-state index is 13.5. The van der Waals surface area contributed by atoms with Crippen molar-refractivity contribution in [3.63, 3.8) is 0 Å². The van der Waals surface area contributed by atoms with Crippen LogP contribution in [-0.4, -0.2) is 52.1 Å². The minimum absolute atomic E-state index is 0.0696. The Balaban J connectivity index is 1.72. The number of aromatic nitrogens is 1. The first-order valence-electron chi connectivity index (χ1n) is 8.67. The number of carbonyl (C=O) groups excluding carboxylic acids is 1. The summed E-state index contributed by atoms with van der Waals surface area (Å²) in [6.07, 6.45) is -9.25. The van der Waals surface area contributed by atoms with Crippen LogP contribution >= 0.6 is 11.3 Å². The third-order valence-corrected chi connectivity index (χ3v) is 5.44. The number of ether oxygens (including phenoxy) is 2. The number of thiazole rings is 1. The highest BCUT2D eigenvalue weighted by molar-refractivity contribution is 7.09. The lowest BCUT2D eigenvalue weighted by Crippen LogP contribution is -2.52. The number of nitrogens with zero attached hydrogens (tertiary/aromatic N) is 3. The predicted molar refractivity (Wildman–Crippen MR) is 92.8 cm³/mol. The Morgan fingerprint density at radius 1 is 1.23 bits per heavy atom. The van der Waals surface area contributed by atoms with Gasteiger partial charge in [0.05, 0.1) is 23.7 Å². The Labute approximate surface area is 169 Å². The lowest BCUT2D eigenvalue weighted by Gasteiger charge is -2.31. The van der Waals surface area contributed by atoms with Crippen LogP contribution in [0.1, 0.15) is 11.3 Å². The second-order valence-electron chi connectivity index (χ2n) is 6.60. The van der Waals surface area contributed by atoms with Crippen molar-refractivity contribution in [3.05, 3.63) is 34.1 Å². The summed E-state index contributed by atoms with van der Waals surface area (Å²) in [5.41, 5.74) is 0.144. The van der Waals surface area contributed by atoms with Crippen LogP contribution in [0.25, 0.3) is 5.69 Å². The van der Waals surface area contributed by atoms with Gasteiger partial charge in [-0.05, 0) is 18.6 Å². The normalized spacial score (nSPS) is 22.4. The molecule has 1 N–H and O–H groups in total. The number of carbonyl (C=O) groups is 1. The maximum Gasteiger partial charge on any atom is 0.507 e. The molecule has 0 bridgehead atoms. The van der Waals surface area contributed by atoms with Crippen LogP contribution in [0.5, 0.6) is 11.5 Å². The summed E-state index contributed by atoms with van der Waals surface area (Å²) in [4.78, 5) is 17.9. The van der Waals surface area contributed by atoms with Gasteiger partial charge < -0.3 is 19.5 Å². The van der Waals surface area contributed by atoms with E-state index in [9.17, 15) is 31.9 Å². The van der Waals surface area contributed by atoms with E-state index < -0.39 is 35.9 Å². The second kappa shape index (κ2) is 7.23. The Hall–Kier alpha value is -2.67. The molecule has 2 amide bonds. The van der Waals surface area contributed by atoms with E-state index in [4.69, 9.17) is 0 Å². The van der Waals surface area contributed by atoms with Crippen LogP contribution < -0.4 is 14.3 Å². The molecule has 1 saturated heterocycles. The van der Waals surface area contributed by atoms with E-state index in [2.05, 4.69) is 14.5 Å². The van der Waals surface area contributed by atoms with Gasteiger partial charge in [0.15, 0.2) is 16.3 Å². The zero-order valence-corrected chi connectivity index (χ0v) is 15.8. The molecule has 1 aromatic carbocycles. The number of aliphatic hydroxyl groups is 1. The Bertz CT molecular complexity index is 1050. The molecule has 0 saturated carbocycles. The van der Waals surface area contributed by atoms with Crippen LogP contribution in [-0.2, 0) is 6.61 Å². The fourth-order valence-electron chi connectivity index (χ4n) is 2.98. The van der Waals surface area contributed by atoms with Crippen LogP contribution in [0.15, 0.2) is 29.4 Å². The van der Waals surface area contributed by atoms with Crippen LogP contribution in [0.3, 0.4) is 0 Å². The Morgan fingerprint density at radius 2 is 1.93 bits per heavy atom. The molecule has 1 fully saturated rings. The molecule has 0 radical (unpaired) electrons. The summed E-state index contributed by atoms with van der Waals surface area (Å²) in [6, 6.07) is 2.60. The van der Waals surface area contributed by atoms with Crippen molar-refractivity contribution in [1.82, 2.24) is 9.47 Å². The third-order valence-electron chi connectivity index (χ3n) is 4.47. The number of hydrogen-bond donors (Lipinski definition) is 1. The van der Waals surface area contributed by atoms with Gasteiger partial charge in [-0.15, -0.1) is 0 Å². The molecule has 0 unspecified atom stereocenters. The zero-order chi connectivity index (χ0) is 21.7. The third kappa shape index (κ3) is 3.62. The van der Waals surface area contributed by atoms with Crippen LogP contribution in [0.4, 0.5) is 26.7 Å². The van der Waals surface area contributed by atoms with Crippen molar-refractivity contribution >= 4 is 17.4 Å². The van der Waals surface area contributed by atoms with E-state index in [0.717, 1.165) is 23.5 Å². The molecule has 4 rings (SSSR count). The zero-order valence-electron chi connectivity index (χ0n) is 15.0. The molecular formula is C17H14F5N3O4S. The Morgan fingerprint density at radius 3 is 2.57 bits per heavy atom. The molecule has 2 aliphatic heterocycles. The minimum atomic E-state index is -4.88. The van der Waals surface area contributed by atoms with Gasteiger partial charge in [-0.25, -0.2) is 9.18 Å². The summed E-state index contributed by atoms with van der Waals surface area (Å²) < 4.78 is 76.4. The van der Waals surface area contributed by atoms with E-state index >= 15 is 0 Å². The van der Waals surface area contributed by atoms with Gasteiger partial charge in [-0.1, -0.05) is 11.3 Å². The molecule has 162 valence electrons. The van der Waals surface area contributed by atoms with Gasteiger partial charge in [-0.2, -0.15) is 22.6 Å². The van der Waals surface area contributed by atoms with Crippen molar-refractivity contribution in [1.29, 1.82) is 0 Å². The van der Waals surface area contributed by atoms with E-state index in [0.29, 0.717) is 4.88 Å². The number of likely N-dealkylation sites (tertiary alicyclic amines) is 1. The largest absolute Gasteiger partial charge is 0.507 e. The number of urea groups is 1. The summed E-state index contributed by atoms with van der Waals surface area (Å²) in [5.74, 6) is -1.22. The van der Waals surface area contributed by atoms with Crippen molar-refractivity contribution in [2.45, 2.75) is 31.4 Å². The molecule has 2 aromatic rings. The quantitative estimate of drug-likeness (QED) is 0.713. The van der Waals surface area contributed by atoms with Gasteiger partial charge >= 0.3 is 18.2 Å². The molecule has 3 heterocycles. The van der Waals surface area contributed by atoms with E-state index in [-0.39, 0.29) is 36.6 Å². The average molecular weight is 451 g/mol. The summed E-state index contributed by atoms with van der Waals surface area (Å²) in [5, 5.41) is 9.40. The molecule has 2 aliphatic rings. The van der Waals surface area contributed by atoms with Crippen LogP contribution in [0, 0.1) is 0 Å². The monoisotopic (exact) mass is 451 g/mol. The number of benzene rings is 1. The number of rotatable bonds is 2. The van der Waals surface area contributed by atoms with E-state index in [1.165, 1.54) is 21.7 Å². The summed E-state index contributed by atoms with van der Waals surface area (Å²) >= 11 is 0.944. The highest BCUT2D eigenvalue weighted by atomic mass is 32.1. The van der Waals surface area contributed by atoms with Gasteiger partial charge in [-0.3, -0.25) is 4.57 Å². The predicted octanol–water partition coefficient (Wildman–Crippen LogP) is 3.05. The first-order chi connectivity index (χ1) is 14.1. The first-order valence-corrected chi connectivity index (χ1v) is 9.49. The van der Waals surface area contributed by atoms with Gasteiger partial charge in [0.2, 0.25) is 0 Å². The summed E-state index contributed by atoms with van der Waals surface area (Å²) in [6.45, 7) is -0.275. The van der Waals surface area contributed by atoms with E-state index in [1.54, 1.807) is 0 Å². The number of amides is 2. The summed E-state index contributed by atoms with van der Waals surface area (Å²) in [7, 11) is 0. The number of aliphatic hydroxyl groups excluding tert-OH is 1. The fraction of sp³-hybridized carbons (Fsp3) is 0.412. The highest BCUT2D eigenvalue weighted by Crippen LogP contribution is 2.47. The molecule has 13 heteroatoms. The van der Waals surface area contributed by atoms with Crippen molar-refractivity contribution in [3.8, 4) is 17.2 Å². The van der Waals surface area contributed by atoms with Crippen molar-refractivity contribution in [2.24, 2.45) is 4.99 Å². The van der Waals surface area contributed by atoms with Crippen molar-refractivity contribution < 1.29 is 41.3 Å². The van der Waals surface area contributed by atoms with Crippen molar-refractivity contribution in [2.75, 3.05) is 13.1 Å². The van der Waals surface area contributed by atoms with Gasteiger partial charge in [0.25, 0.3) is 0 Å². The molecule has 7 nitrogen and oxygen atoms in total. The number of alkyl halides is 5. The SMILES string of the molecule is O=C(N=c1sc(CO)cn1-c1ccc2c(c1)OC(F)(F)C(F)(F)O2)N1CC[C@H](F)C1. The van der Waals surface area contributed by atoms with Crippen LogP contribution in [0.2, 0.25) is 0 Å². The lowest BCUT2D eigenvalue weighted by molar-refractivity contribution is -0.391. The number of halogens is 5. The maximum absolute atomic E-state index is 13.5. The number of hydrogen-bond acceptors (Lipinski definition) is 5. The van der Waals surface area contributed by atoms with Gasteiger partial charge in [0, 0.05) is 18.8 Å². The standard InChI is InChI=1S/C17H14F5N3O4S/c18-9-3-4-24(6-9)14(27)23-15-25(7-11(8-26)30-15)10-1-2-12-13(5-10)29-17(21,22)16(19,20)28-12/h1-2,5,7,9,26H,3-4,6,8H2/t9-/m0/s1. The molecule has 30 heavy (non-hydrogen) atoms. The first kappa shape index (κ1) is 20.6. The average Bonchev–Trinajstić information content (AvgIpc) is 3.28. The molecule has 0 spiro atoms. The fourth-order valence-corrected chi connectivity index (χ4v) is 3.81. The minimum Gasteiger partial charge on any atom is -0.421 e. The molecule has 1 atom stereocenters. The second-order valence-corrected chi connectivity index (χ2v) is 7.70. The Kier molecular flexibility index (Phi) is 4.97. The highest BCUT2D eigenvalue weighted by Gasteiger charge is 2.65. The molecule has 1 aromatic heterocycles. The number of fused-ring (bicyclic) bond motifs is 1. The lowest BCUT2D eigenvalue weighted by atomic mass is 10.2. The molecule has 0 aliphatic carbocycles. The van der Waals surface area contributed by atoms with Gasteiger partial charge in [0.1, 0.15) is 6.17 Å².